The number of benzene rings is 1. The largest absolute Gasteiger partial charge is 0.309 e. The third-order valence-corrected chi connectivity index (χ3v) is 5.25. The van der Waals surface area contributed by atoms with Gasteiger partial charge in [0, 0.05) is 10.9 Å². The molecule has 21 heavy (non-hydrogen) atoms. The summed E-state index contributed by atoms with van der Waals surface area (Å²) >= 11 is 13.9. The molecule has 0 radical (unpaired) electrons. The molecule has 1 heterocycles. The van der Waals surface area contributed by atoms with Crippen molar-refractivity contribution in [1.82, 2.24) is 10.3 Å². The molecule has 114 valence electrons. The van der Waals surface area contributed by atoms with Crippen LogP contribution < -0.4 is 5.32 Å². The average Bonchev–Trinajstić information content (AvgIpc) is 2.77. The Labute approximate surface area is 140 Å². The molecule has 0 aliphatic carbocycles. The topological polar surface area (TPSA) is 24.9 Å². The van der Waals surface area contributed by atoms with E-state index in [1.165, 1.54) is 10.4 Å². The van der Waals surface area contributed by atoms with Crippen LogP contribution in [0.2, 0.25) is 10.0 Å². The Morgan fingerprint density at radius 3 is 2.57 bits per heavy atom. The average molecular weight is 343 g/mol. The second-order valence-electron chi connectivity index (χ2n) is 5.14. The van der Waals surface area contributed by atoms with Crippen molar-refractivity contribution in [2.75, 3.05) is 6.54 Å². The zero-order valence-corrected chi connectivity index (χ0v) is 14.9. The van der Waals surface area contributed by atoms with Gasteiger partial charge in [-0.1, -0.05) is 36.2 Å². The molecule has 0 bridgehead atoms. The summed E-state index contributed by atoms with van der Waals surface area (Å²) < 4.78 is 0. The van der Waals surface area contributed by atoms with Crippen molar-refractivity contribution in [2.24, 2.45) is 0 Å². The lowest BCUT2D eigenvalue weighted by Crippen LogP contribution is -2.24. The Morgan fingerprint density at radius 1 is 1.24 bits per heavy atom. The quantitative estimate of drug-likeness (QED) is 0.765. The van der Waals surface area contributed by atoms with Gasteiger partial charge in [0.25, 0.3) is 0 Å². The fourth-order valence-corrected chi connectivity index (χ4v) is 3.67. The normalized spacial score (nSPS) is 12.6. The van der Waals surface area contributed by atoms with Crippen LogP contribution in [0.1, 0.15) is 40.5 Å². The van der Waals surface area contributed by atoms with E-state index in [1.807, 2.05) is 18.2 Å². The van der Waals surface area contributed by atoms with Crippen LogP contribution in [0.3, 0.4) is 0 Å². The smallest absolute Gasteiger partial charge is 0.0900 e. The van der Waals surface area contributed by atoms with Gasteiger partial charge in [0.05, 0.1) is 20.7 Å². The summed E-state index contributed by atoms with van der Waals surface area (Å²) in [6, 6.07) is 6.13. The first-order chi connectivity index (χ1) is 10.0. The molecule has 2 aromatic rings. The van der Waals surface area contributed by atoms with Gasteiger partial charge in [-0.05, 0) is 50.9 Å². The standard InChI is InChI=1S/C16H20Cl2N2S/c1-4-7-19-15(16-10(2)20-11(3)21-16)9-12-5-6-13(17)14(18)8-12/h5-6,8,15,19H,4,7,9H2,1-3H3. The minimum absolute atomic E-state index is 0.272. The maximum atomic E-state index is 6.12. The van der Waals surface area contributed by atoms with Gasteiger partial charge in [-0.3, -0.25) is 0 Å². The molecular formula is C16H20Cl2N2S. The van der Waals surface area contributed by atoms with Gasteiger partial charge in [0.15, 0.2) is 0 Å². The lowest BCUT2D eigenvalue weighted by molar-refractivity contribution is 0.534. The van der Waals surface area contributed by atoms with Crippen LogP contribution >= 0.6 is 34.5 Å². The predicted molar refractivity (Wildman–Crippen MR) is 92.8 cm³/mol. The molecule has 0 saturated carbocycles. The van der Waals surface area contributed by atoms with Gasteiger partial charge >= 0.3 is 0 Å². The highest BCUT2D eigenvalue weighted by atomic mass is 35.5. The Kier molecular flexibility index (Phi) is 6.06. The molecule has 1 atom stereocenters. The van der Waals surface area contributed by atoms with E-state index < -0.39 is 0 Å². The second kappa shape index (κ2) is 7.59. The highest BCUT2D eigenvalue weighted by Gasteiger charge is 2.18. The van der Waals surface area contributed by atoms with Crippen molar-refractivity contribution in [2.45, 2.75) is 39.7 Å². The van der Waals surface area contributed by atoms with Gasteiger partial charge in [-0.15, -0.1) is 11.3 Å². The first-order valence-electron chi connectivity index (χ1n) is 7.12. The fraction of sp³-hybridized carbons (Fsp3) is 0.438. The van der Waals surface area contributed by atoms with Crippen molar-refractivity contribution in [3.8, 4) is 0 Å². The van der Waals surface area contributed by atoms with Gasteiger partial charge in [0.1, 0.15) is 0 Å². The number of hydrogen-bond acceptors (Lipinski definition) is 3. The number of halogens is 2. The first kappa shape index (κ1) is 16.8. The van der Waals surface area contributed by atoms with E-state index in [0.717, 1.165) is 30.1 Å². The van der Waals surface area contributed by atoms with Crippen molar-refractivity contribution in [3.05, 3.63) is 49.4 Å². The van der Waals surface area contributed by atoms with Gasteiger partial charge in [-0.2, -0.15) is 0 Å². The summed E-state index contributed by atoms with van der Waals surface area (Å²) in [7, 11) is 0. The summed E-state index contributed by atoms with van der Waals surface area (Å²) in [6.07, 6.45) is 1.99. The Hall–Kier alpha value is -0.610. The summed E-state index contributed by atoms with van der Waals surface area (Å²) in [5.74, 6) is 0. The van der Waals surface area contributed by atoms with E-state index in [0.29, 0.717) is 10.0 Å². The predicted octanol–water partition coefficient (Wildman–Crippen LogP) is 5.35. The van der Waals surface area contributed by atoms with Crippen molar-refractivity contribution in [3.63, 3.8) is 0 Å². The lowest BCUT2D eigenvalue weighted by atomic mass is 10.0. The molecule has 1 N–H and O–H groups in total. The van der Waals surface area contributed by atoms with E-state index in [2.05, 4.69) is 31.1 Å². The number of hydrogen-bond donors (Lipinski definition) is 1. The van der Waals surface area contributed by atoms with Crippen LogP contribution in [0.5, 0.6) is 0 Å². The Morgan fingerprint density at radius 2 is 2.00 bits per heavy atom. The Bertz CT molecular complexity index is 610. The third-order valence-electron chi connectivity index (χ3n) is 3.32. The molecule has 1 aromatic heterocycles. The number of nitrogens with zero attached hydrogens (tertiary/aromatic N) is 1. The summed E-state index contributed by atoms with van der Waals surface area (Å²) in [6.45, 7) is 7.29. The maximum absolute atomic E-state index is 6.12. The molecule has 0 fully saturated rings. The van der Waals surface area contributed by atoms with E-state index in [9.17, 15) is 0 Å². The summed E-state index contributed by atoms with van der Waals surface area (Å²) in [4.78, 5) is 5.86. The van der Waals surface area contributed by atoms with E-state index in [1.54, 1.807) is 11.3 Å². The molecule has 5 heteroatoms. The molecule has 0 spiro atoms. The number of thiazole rings is 1. The maximum Gasteiger partial charge on any atom is 0.0900 e. The third kappa shape index (κ3) is 4.43. The lowest BCUT2D eigenvalue weighted by Gasteiger charge is -2.18. The van der Waals surface area contributed by atoms with Gasteiger partial charge < -0.3 is 5.32 Å². The fourth-order valence-electron chi connectivity index (χ4n) is 2.35. The van der Waals surface area contributed by atoms with Crippen LogP contribution in [0.4, 0.5) is 0 Å². The summed E-state index contributed by atoms with van der Waals surface area (Å²) in [5, 5.41) is 5.94. The molecule has 0 saturated heterocycles. The van der Waals surface area contributed by atoms with Crippen LogP contribution in [-0.2, 0) is 6.42 Å². The highest BCUT2D eigenvalue weighted by molar-refractivity contribution is 7.11. The summed E-state index contributed by atoms with van der Waals surface area (Å²) in [5.41, 5.74) is 2.30. The van der Waals surface area contributed by atoms with Crippen LogP contribution in [0.15, 0.2) is 18.2 Å². The number of aryl methyl sites for hydroxylation is 2. The molecule has 1 unspecified atom stereocenters. The van der Waals surface area contributed by atoms with Crippen LogP contribution in [-0.4, -0.2) is 11.5 Å². The number of rotatable bonds is 6. The van der Waals surface area contributed by atoms with Crippen LogP contribution in [0.25, 0.3) is 0 Å². The second-order valence-corrected chi connectivity index (χ2v) is 7.19. The minimum Gasteiger partial charge on any atom is -0.309 e. The van der Waals surface area contributed by atoms with Crippen molar-refractivity contribution < 1.29 is 0 Å². The zero-order valence-electron chi connectivity index (χ0n) is 12.5. The van der Waals surface area contributed by atoms with Crippen LogP contribution in [0, 0.1) is 13.8 Å². The van der Waals surface area contributed by atoms with Crippen molar-refractivity contribution in [1.29, 1.82) is 0 Å². The molecule has 0 amide bonds. The monoisotopic (exact) mass is 342 g/mol. The van der Waals surface area contributed by atoms with E-state index >= 15 is 0 Å². The molecule has 0 aliphatic rings. The van der Waals surface area contributed by atoms with Gasteiger partial charge in [-0.25, -0.2) is 4.98 Å². The minimum atomic E-state index is 0.272. The van der Waals surface area contributed by atoms with E-state index in [4.69, 9.17) is 23.2 Å². The van der Waals surface area contributed by atoms with E-state index in [-0.39, 0.29) is 6.04 Å². The highest BCUT2D eigenvalue weighted by Crippen LogP contribution is 2.29. The number of nitrogens with one attached hydrogen (secondary N) is 1. The molecule has 1 aromatic carbocycles. The van der Waals surface area contributed by atoms with Gasteiger partial charge in [0.2, 0.25) is 0 Å². The van der Waals surface area contributed by atoms with Crippen molar-refractivity contribution >= 4 is 34.5 Å². The molecular weight excluding hydrogens is 323 g/mol. The molecule has 2 nitrogen and oxygen atoms in total. The first-order valence-corrected chi connectivity index (χ1v) is 8.69. The Balaban J connectivity index is 2.23. The molecule has 2 rings (SSSR count). The molecule has 0 aliphatic heterocycles. The zero-order chi connectivity index (χ0) is 15.4. The number of aromatic nitrogens is 1. The SMILES string of the molecule is CCCNC(Cc1ccc(Cl)c(Cl)c1)c1sc(C)nc1C.